The normalized spacial score (nSPS) is 19.7. The number of rotatable bonds is 2. The van der Waals surface area contributed by atoms with E-state index in [1.165, 1.54) is 0 Å². The Morgan fingerprint density at radius 2 is 1.31 bits per heavy atom. The summed E-state index contributed by atoms with van der Waals surface area (Å²) in [5.41, 5.74) is 16.6. The summed E-state index contributed by atoms with van der Waals surface area (Å²) >= 11 is 0. The van der Waals surface area contributed by atoms with E-state index in [1.807, 2.05) is 60.7 Å². The minimum atomic E-state index is 0. The van der Waals surface area contributed by atoms with E-state index in [-0.39, 0.29) is 36.5 Å². The van der Waals surface area contributed by atoms with Gasteiger partial charge in [-0.1, -0.05) is 31.2 Å². The zero-order chi connectivity index (χ0) is 17.1. The molecule has 0 radical (unpaired) electrons. The topological polar surface area (TPSA) is 69.1 Å². The van der Waals surface area contributed by atoms with Crippen LogP contribution in [0.5, 0.6) is 0 Å². The molecule has 2 aromatic rings. The van der Waals surface area contributed by atoms with Gasteiger partial charge in [-0.15, -0.1) is 24.8 Å². The first-order chi connectivity index (χ1) is 11.5. The van der Waals surface area contributed by atoms with Crippen LogP contribution < -0.4 is 11.5 Å². The highest BCUT2D eigenvalue weighted by atomic mass is 35.5. The van der Waals surface area contributed by atoms with Crippen molar-refractivity contribution in [2.75, 3.05) is 11.5 Å². The number of carbonyl (C=O) groups is 1. The predicted octanol–water partition coefficient (Wildman–Crippen LogP) is 5.16. The van der Waals surface area contributed by atoms with Crippen molar-refractivity contribution >= 4 is 54.1 Å². The largest absolute Gasteiger partial charge is 0.399 e. The molecule has 0 amide bonds. The van der Waals surface area contributed by atoms with Gasteiger partial charge in [0.25, 0.3) is 0 Å². The second-order valence-electron chi connectivity index (χ2n) is 6.37. The zero-order valence-corrected chi connectivity index (χ0v) is 16.3. The molecule has 1 fully saturated rings. The minimum Gasteiger partial charge on any atom is -0.399 e. The van der Waals surface area contributed by atoms with Gasteiger partial charge in [-0.25, -0.2) is 0 Å². The molecular formula is C21H24Cl2N2O. The smallest absolute Gasteiger partial charge is 0.185 e. The van der Waals surface area contributed by atoms with Crippen LogP contribution in [0.4, 0.5) is 11.4 Å². The molecule has 1 unspecified atom stereocenters. The molecule has 1 aliphatic rings. The molecule has 0 heterocycles. The summed E-state index contributed by atoms with van der Waals surface area (Å²) in [5, 5.41) is 0. The Labute approximate surface area is 167 Å². The maximum Gasteiger partial charge on any atom is 0.185 e. The molecule has 0 saturated heterocycles. The van der Waals surface area contributed by atoms with Crippen LogP contribution in [0.25, 0.3) is 12.2 Å². The van der Waals surface area contributed by atoms with E-state index in [9.17, 15) is 4.79 Å². The summed E-state index contributed by atoms with van der Waals surface area (Å²) in [6.45, 7) is 2.11. The molecule has 3 nitrogen and oxygen atoms in total. The van der Waals surface area contributed by atoms with Crippen molar-refractivity contribution in [2.45, 2.75) is 19.8 Å². The van der Waals surface area contributed by atoms with Crippen LogP contribution in [-0.2, 0) is 4.79 Å². The summed E-state index contributed by atoms with van der Waals surface area (Å²) in [5.74, 6) is 0.404. The third kappa shape index (κ3) is 5.13. The molecule has 2 aromatic carbocycles. The summed E-state index contributed by atoms with van der Waals surface area (Å²) in [6.07, 6.45) is 5.75. The fourth-order valence-electron chi connectivity index (χ4n) is 2.96. The standard InChI is InChI=1S/C21H22N2O.2ClH/c1-14-2-7-17(12-15-3-8-18(22)9-4-15)21(24)20(14)13-16-5-10-19(23)11-6-16;;/h3-6,8-14H,2,7,22-23H2,1H3;2*1H. The van der Waals surface area contributed by atoms with Gasteiger partial charge in [0, 0.05) is 22.5 Å². The number of hydrogen-bond acceptors (Lipinski definition) is 3. The van der Waals surface area contributed by atoms with Gasteiger partial charge in [-0.3, -0.25) is 4.79 Å². The molecule has 0 aromatic heterocycles. The molecular weight excluding hydrogens is 367 g/mol. The average molecular weight is 391 g/mol. The van der Waals surface area contributed by atoms with Gasteiger partial charge in [-0.05, 0) is 66.3 Å². The van der Waals surface area contributed by atoms with E-state index < -0.39 is 0 Å². The monoisotopic (exact) mass is 390 g/mol. The predicted molar refractivity (Wildman–Crippen MR) is 116 cm³/mol. The first kappa shape index (κ1) is 21.8. The van der Waals surface area contributed by atoms with Crippen LogP contribution in [0.2, 0.25) is 0 Å². The Morgan fingerprint density at radius 3 is 1.81 bits per heavy atom. The van der Waals surface area contributed by atoms with Crippen molar-refractivity contribution in [1.29, 1.82) is 0 Å². The van der Waals surface area contributed by atoms with Crippen molar-refractivity contribution in [3.63, 3.8) is 0 Å². The van der Waals surface area contributed by atoms with Crippen LogP contribution in [0.3, 0.4) is 0 Å². The molecule has 0 bridgehead atoms. The molecule has 4 N–H and O–H groups in total. The van der Waals surface area contributed by atoms with E-state index in [4.69, 9.17) is 11.5 Å². The summed E-state index contributed by atoms with van der Waals surface area (Å²) in [7, 11) is 0. The van der Waals surface area contributed by atoms with Crippen molar-refractivity contribution in [1.82, 2.24) is 0 Å². The van der Waals surface area contributed by atoms with E-state index in [0.29, 0.717) is 0 Å². The number of carbonyl (C=O) groups excluding carboxylic acids is 1. The maximum atomic E-state index is 12.9. The highest BCUT2D eigenvalue weighted by Gasteiger charge is 2.26. The van der Waals surface area contributed by atoms with Gasteiger partial charge >= 0.3 is 0 Å². The number of anilines is 2. The number of allylic oxidation sites excluding steroid dienone is 2. The van der Waals surface area contributed by atoms with E-state index in [2.05, 4.69) is 6.92 Å². The van der Waals surface area contributed by atoms with E-state index >= 15 is 0 Å². The number of Topliss-reactive ketones (excluding diaryl/α,β-unsaturated/α-hetero) is 1. The van der Waals surface area contributed by atoms with Crippen molar-refractivity contribution in [2.24, 2.45) is 5.92 Å². The third-order valence-corrected chi connectivity index (χ3v) is 4.47. The minimum absolute atomic E-state index is 0. The molecule has 1 aliphatic carbocycles. The Morgan fingerprint density at radius 1 is 0.846 bits per heavy atom. The molecule has 1 atom stereocenters. The first-order valence-corrected chi connectivity index (χ1v) is 8.21. The highest BCUT2D eigenvalue weighted by Crippen LogP contribution is 2.32. The Balaban J connectivity index is 0.00000169. The molecule has 1 saturated carbocycles. The lowest BCUT2D eigenvalue weighted by Gasteiger charge is -2.23. The molecule has 3 rings (SSSR count). The van der Waals surface area contributed by atoms with Crippen LogP contribution >= 0.6 is 24.8 Å². The van der Waals surface area contributed by atoms with E-state index in [0.717, 1.165) is 46.5 Å². The van der Waals surface area contributed by atoms with Gasteiger partial charge in [0.2, 0.25) is 0 Å². The fraction of sp³-hybridized carbons (Fsp3) is 0.190. The lowest BCUT2D eigenvalue weighted by Crippen LogP contribution is -2.19. The lowest BCUT2D eigenvalue weighted by atomic mass is 9.80. The first-order valence-electron chi connectivity index (χ1n) is 8.21. The van der Waals surface area contributed by atoms with Gasteiger partial charge in [0.05, 0.1) is 0 Å². The maximum absolute atomic E-state index is 12.9. The molecule has 0 aliphatic heterocycles. The zero-order valence-electron chi connectivity index (χ0n) is 14.6. The van der Waals surface area contributed by atoms with Crippen molar-refractivity contribution in [3.8, 4) is 0 Å². The quantitative estimate of drug-likeness (QED) is 0.549. The number of nitrogen functional groups attached to an aromatic ring is 2. The highest BCUT2D eigenvalue weighted by molar-refractivity contribution is 6.14. The van der Waals surface area contributed by atoms with Crippen molar-refractivity contribution < 1.29 is 4.79 Å². The number of ketones is 1. The summed E-state index contributed by atoms with van der Waals surface area (Å²) in [6, 6.07) is 15.2. The second-order valence-corrected chi connectivity index (χ2v) is 6.37. The Bertz CT molecular complexity index is 809. The van der Waals surface area contributed by atoms with E-state index in [1.54, 1.807) is 0 Å². The molecule has 5 heteroatoms. The Kier molecular flexibility index (Phi) is 7.94. The Hall–Kier alpha value is -2.23. The molecule has 0 spiro atoms. The number of halogens is 2. The summed E-state index contributed by atoms with van der Waals surface area (Å²) in [4.78, 5) is 12.9. The molecule has 138 valence electrons. The van der Waals surface area contributed by atoms with Crippen LogP contribution in [0.1, 0.15) is 30.9 Å². The van der Waals surface area contributed by atoms with Crippen LogP contribution in [-0.4, -0.2) is 5.78 Å². The van der Waals surface area contributed by atoms with Crippen molar-refractivity contribution in [3.05, 3.63) is 70.8 Å². The number of benzene rings is 2. The summed E-state index contributed by atoms with van der Waals surface area (Å²) < 4.78 is 0. The lowest BCUT2D eigenvalue weighted by molar-refractivity contribution is -0.113. The number of nitrogens with two attached hydrogens (primary N) is 2. The van der Waals surface area contributed by atoms with Crippen LogP contribution in [0.15, 0.2) is 59.7 Å². The average Bonchev–Trinajstić information content (AvgIpc) is 2.58. The number of hydrogen-bond donors (Lipinski definition) is 2. The SMILES string of the molecule is CC1CCC(=Cc2ccc(N)cc2)C(=O)C1=Cc1ccc(N)cc1.Cl.Cl. The van der Waals surface area contributed by atoms with Gasteiger partial charge < -0.3 is 11.5 Å². The van der Waals surface area contributed by atoms with Gasteiger partial charge in [0.15, 0.2) is 5.78 Å². The molecule has 26 heavy (non-hydrogen) atoms. The fourth-order valence-corrected chi connectivity index (χ4v) is 2.96. The van der Waals surface area contributed by atoms with Gasteiger partial charge in [0.1, 0.15) is 0 Å². The van der Waals surface area contributed by atoms with Gasteiger partial charge in [-0.2, -0.15) is 0 Å². The van der Waals surface area contributed by atoms with Crippen LogP contribution in [0, 0.1) is 5.92 Å². The second kappa shape index (κ2) is 9.46. The third-order valence-electron chi connectivity index (χ3n) is 4.47.